The van der Waals surface area contributed by atoms with Gasteiger partial charge >= 0.3 is 0 Å². The average Bonchev–Trinajstić information content (AvgIpc) is 2.99. The van der Waals surface area contributed by atoms with Gasteiger partial charge in [-0.3, -0.25) is 4.79 Å². The van der Waals surface area contributed by atoms with Crippen molar-refractivity contribution in [2.45, 2.75) is 25.0 Å². The molecule has 0 saturated carbocycles. The van der Waals surface area contributed by atoms with E-state index in [1.165, 1.54) is 21.7 Å². The standard InChI is InChI=1S/C15H18N4O3S/c1-3-18-9-14(16-11-18)23(21,22)19-8-12-6-4-5-7-13(12)17(2)15(20)10-19/h4-7,9,11H,3,8,10H2,1-2H3. The minimum Gasteiger partial charge on any atom is -0.336 e. The number of carbonyl (C=O) groups is 1. The second kappa shape index (κ2) is 5.78. The van der Waals surface area contributed by atoms with Gasteiger partial charge in [-0.05, 0) is 18.6 Å². The number of para-hydroxylation sites is 1. The van der Waals surface area contributed by atoms with Crippen molar-refractivity contribution in [3.05, 3.63) is 42.4 Å². The Hall–Kier alpha value is -2.19. The molecule has 1 aromatic carbocycles. The molecule has 1 amide bonds. The Morgan fingerprint density at radius 3 is 2.65 bits per heavy atom. The molecular formula is C15H18N4O3S. The van der Waals surface area contributed by atoms with Crippen molar-refractivity contribution in [1.82, 2.24) is 13.9 Å². The molecule has 23 heavy (non-hydrogen) atoms. The Morgan fingerprint density at radius 1 is 1.22 bits per heavy atom. The number of rotatable bonds is 3. The third-order valence-corrected chi connectivity index (χ3v) is 5.64. The van der Waals surface area contributed by atoms with E-state index in [1.54, 1.807) is 11.6 Å². The largest absolute Gasteiger partial charge is 0.336 e. The number of sulfonamides is 1. The summed E-state index contributed by atoms with van der Waals surface area (Å²) in [7, 11) is -2.16. The van der Waals surface area contributed by atoms with Crippen molar-refractivity contribution in [3.8, 4) is 0 Å². The Labute approximate surface area is 135 Å². The highest BCUT2D eigenvalue weighted by Crippen LogP contribution is 2.27. The second-order valence-electron chi connectivity index (χ2n) is 5.40. The summed E-state index contributed by atoms with van der Waals surface area (Å²) in [6, 6.07) is 7.31. The summed E-state index contributed by atoms with van der Waals surface area (Å²) in [5.74, 6) is -0.270. The topological polar surface area (TPSA) is 75.5 Å². The Bertz CT molecular complexity index is 844. The van der Waals surface area contributed by atoms with Gasteiger partial charge in [-0.25, -0.2) is 13.4 Å². The molecule has 3 rings (SSSR count). The SMILES string of the molecule is CCn1cnc(S(=O)(=O)N2CC(=O)N(C)c3ccccc3C2)c1. The molecule has 0 radical (unpaired) electrons. The zero-order valence-electron chi connectivity index (χ0n) is 13.0. The predicted molar refractivity (Wildman–Crippen MR) is 85.3 cm³/mol. The molecule has 7 nitrogen and oxygen atoms in total. The van der Waals surface area contributed by atoms with Crippen LogP contribution in [0.1, 0.15) is 12.5 Å². The zero-order chi connectivity index (χ0) is 16.6. The smallest absolute Gasteiger partial charge is 0.262 e. The second-order valence-corrected chi connectivity index (χ2v) is 7.28. The van der Waals surface area contributed by atoms with Crippen LogP contribution in [0.3, 0.4) is 0 Å². The molecule has 1 aliphatic heterocycles. The first-order valence-electron chi connectivity index (χ1n) is 7.30. The number of hydrogen-bond donors (Lipinski definition) is 0. The molecule has 0 saturated heterocycles. The minimum atomic E-state index is -3.82. The Morgan fingerprint density at radius 2 is 1.96 bits per heavy atom. The summed E-state index contributed by atoms with van der Waals surface area (Å²) < 4.78 is 28.5. The number of nitrogens with zero attached hydrogens (tertiary/aromatic N) is 4. The predicted octanol–water partition coefficient (Wildman–Crippen LogP) is 1.07. The van der Waals surface area contributed by atoms with Gasteiger partial charge in [-0.15, -0.1) is 0 Å². The van der Waals surface area contributed by atoms with Gasteiger partial charge in [0.05, 0.1) is 12.9 Å². The van der Waals surface area contributed by atoms with E-state index in [1.807, 2.05) is 31.2 Å². The molecule has 0 spiro atoms. The van der Waals surface area contributed by atoms with E-state index in [9.17, 15) is 13.2 Å². The number of aryl methyl sites for hydroxylation is 1. The summed E-state index contributed by atoms with van der Waals surface area (Å²) in [6.45, 7) is 2.48. The van der Waals surface area contributed by atoms with Gasteiger partial charge in [-0.1, -0.05) is 18.2 Å². The fourth-order valence-electron chi connectivity index (χ4n) is 2.56. The molecule has 2 heterocycles. The highest BCUT2D eigenvalue weighted by molar-refractivity contribution is 7.89. The lowest BCUT2D eigenvalue weighted by atomic mass is 10.1. The van der Waals surface area contributed by atoms with Crippen LogP contribution in [0.15, 0.2) is 41.8 Å². The van der Waals surface area contributed by atoms with Crippen LogP contribution in [0, 0.1) is 0 Å². The number of amides is 1. The van der Waals surface area contributed by atoms with E-state index in [0.29, 0.717) is 6.54 Å². The molecule has 8 heteroatoms. The van der Waals surface area contributed by atoms with E-state index >= 15 is 0 Å². The van der Waals surface area contributed by atoms with Crippen LogP contribution in [-0.2, 0) is 27.9 Å². The number of benzene rings is 1. The first-order valence-corrected chi connectivity index (χ1v) is 8.74. The molecule has 0 fully saturated rings. The van der Waals surface area contributed by atoms with E-state index in [2.05, 4.69) is 4.98 Å². The van der Waals surface area contributed by atoms with Crippen LogP contribution in [0.2, 0.25) is 0 Å². The summed E-state index contributed by atoms with van der Waals surface area (Å²) >= 11 is 0. The number of imidazole rings is 1. The molecule has 0 aliphatic carbocycles. The minimum absolute atomic E-state index is 0.0332. The van der Waals surface area contributed by atoms with Crippen molar-refractivity contribution in [2.24, 2.45) is 0 Å². The Kier molecular flexibility index (Phi) is 3.95. The van der Waals surface area contributed by atoms with Crippen LogP contribution in [0.4, 0.5) is 5.69 Å². The number of anilines is 1. The fraction of sp³-hybridized carbons (Fsp3) is 0.333. The lowest BCUT2D eigenvalue weighted by Crippen LogP contribution is -2.38. The van der Waals surface area contributed by atoms with Gasteiger partial charge in [-0.2, -0.15) is 4.31 Å². The molecule has 1 aliphatic rings. The number of hydrogen-bond acceptors (Lipinski definition) is 4. The summed E-state index contributed by atoms with van der Waals surface area (Å²) in [4.78, 5) is 17.8. The van der Waals surface area contributed by atoms with Crippen LogP contribution < -0.4 is 4.90 Å². The number of fused-ring (bicyclic) bond motifs is 1. The van der Waals surface area contributed by atoms with Crippen molar-refractivity contribution in [1.29, 1.82) is 0 Å². The average molecular weight is 334 g/mol. The van der Waals surface area contributed by atoms with Crippen LogP contribution >= 0.6 is 0 Å². The number of aromatic nitrogens is 2. The molecule has 0 unspecified atom stereocenters. The van der Waals surface area contributed by atoms with Crippen LogP contribution in [0.25, 0.3) is 0 Å². The summed E-state index contributed by atoms with van der Waals surface area (Å²) in [6.07, 6.45) is 2.97. The first kappa shape index (κ1) is 15.7. The van der Waals surface area contributed by atoms with Crippen LogP contribution in [-0.4, -0.2) is 41.8 Å². The quantitative estimate of drug-likeness (QED) is 0.841. The lowest BCUT2D eigenvalue weighted by Gasteiger charge is -2.18. The molecule has 0 atom stereocenters. The molecule has 2 aromatic rings. The van der Waals surface area contributed by atoms with Crippen molar-refractivity contribution in [2.75, 3.05) is 18.5 Å². The fourth-order valence-corrected chi connectivity index (χ4v) is 3.86. The van der Waals surface area contributed by atoms with Crippen molar-refractivity contribution < 1.29 is 13.2 Å². The van der Waals surface area contributed by atoms with Gasteiger partial charge in [0.25, 0.3) is 10.0 Å². The summed E-state index contributed by atoms with van der Waals surface area (Å²) in [5.41, 5.74) is 1.52. The maximum absolute atomic E-state index is 12.8. The molecule has 0 N–H and O–H groups in total. The monoisotopic (exact) mass is 334 g/mol. The van der Waals surface area contributed by atoms with Gasteiger partial charge < -0.3 is 9.47 Å². The molecule has 1 aromatic heterocycles. The third kappa shape index (κ3) is 2.75. The molecular weight excluding hydrogens is 316 g/mol. The third-order valence-electron chi connectivity index (χ3n) is 3.96. The van der Waals surface area contributed by atoms with Crippen LogP contribution in [0.5, 0.6) is 0 Å². The molecule has 122 valence electrons. The van der Waals surface area contributed by atoms with Crippen molar-refractivity contribution in [3.63, 3.8) is 0 Å². The maximum Gasteiger partial charge on any atom is 0.262 e. The number of carbonyl (C=O) groups excluding carboxylic acids is 1. The maximum atomic E-state index is 12.8. The van der Waals surface area contributed by atoms with Gasteiger partial charge in [0, 0.05) is 32.0 Å². The van der Waals surface area contributed by atoms with Gasteiger partial charge in [0.15, 0.2) is 5.03 Å². The van der Waals surface area contributed by atoms with Crippen molar-refractivity contribution >= 4 is 21.6 Å². The summed E-state index contributed by atoms with van der Waals surface area (Å²) in [5, 5.41) is -0.0332. The highest BCUT2D eigenvalue weighted by atomic mass is 32.2. The van der Waals surface area contributed by atoms with E-state index in [0.717, 1.165) is 11.3 Å². The highest BCUT2D eigenvalue weighted by Gasteiger charge is 2.33. The first-order chi connectivity index (χ1) is 10.9. The van der Waals surface area contributed by atoms with E-state index < -0.39 is 10.0 Å². The van der Waals surface area contributed by atoms with E-state index in [-0.39, 0.29) is 24.0 Å². The molecule has 0 bridgehead atoms. The van der Waals surface area contributed by atoms with E-state index in [4.69, 9.17) is 0 Å². The number of likely N-dealkylation sites (N-methyl/N-ethyl adjacent to an activating group) is 1. The van der Waals surface area contributed by atoms with Gasteiger partial charge in [0.2, 0.25) is 5.91 Å². The Balaban J connectivity index is 2.01. The van der Waals surface area contributed by atoms with Gasteiger partial charge in [0.1, 0.15) is 0 Å². The lowest BCUT2D eigenvalue weighted by molar-refractivity contribution is -0.118. The zero-order valence-corrected chi connectivity index (χ0v) is 13.8. The normalized spacial score (nSPS) is 16.3.